The molecular formula is C19H16ClN3O4. The quantitative estimate of drug-likeness (QED) is 0.377. The number of non-ortho nitro benzene ring substituents is 1. The van der Waals surface area contributed by atoms with Crippen LogP contribution in [-0.2, 0) is 0 Å². The van der Waals surface area contributed by atoms with Gasteiger partial charge in [-0.05, 0) is 24.6 Å². The highest BCUT2D eigenvalue weighted by atomic mass is 35.5. The Kier molecular flexibility index (Phi) is 5.83. The number of nitrogens with one attached hydrogen (secondary N) is 1. The zero-order chi connectivity index (χ0) is 19.2. The number of para-hydroxylation sites is 1. The van der Waals surface area contributed by atoms with Crippen molar-refractivity contribution < 1.29 is 14.5 Å². The Morgan fingerprint density at radius 2 is 2.00 bits per heavy atom. The van der Waals surface area contributed by atoms with Gasteiger partial charge in [0.2, 0.25) is 5.88 Å². The van der Waals surface area contributed by atoms with E-state index in [1.165, 1.54) is 12.1 Å². The average Bonchev–Trinajstić information content (AvgIpc) is 2.67. The van der Waals surface area contributed by atoms with Crippen LogP contribution in [0.1, 0.15) is 16.8 Å². The number of carbonyl (C=O) groups excluding carboxylic acids is 1. The Morgan fingerprint density at radius 3 is 2.81 bits per heavy atom. The third-order valence-corrected chi connectivity index (χ3v) is 4.16. The lowest BCUT2D eigenvalue weighted by molar-refractivity contribution is -0.384. The molecule has 0 aliphatic carbocycles. The van der Waals surface area contributed by atoms with Gasteiger partial charge in [-0.15, -0.1) is 0 Å². The molecule has 0 atom stereocenters. The van der Waals surface area contributed by atoms with Gasteiger partial charge in [-0.2, -0.15) is 0 Å². The first-order valence-electron chi connectivity index (χ1n) is 8.25. The summed E-state index contributed by atoms with van der Waals surface area (Å²) in [4.78, 5) is 26.8. The third kappa shape index (κ3) is 4.71. The van der Waals surface area contributed by atoms with E-state index < -0.39 is 10.8 Å². The zero-order valence-corrected chi connectivity index (χ0v) is 15.0. The summed E-state index contributed by atoms with van der Waals surface area (Å²) >= 11 is 5.95. The first kappa shape index (κ1) is 18.6. The van der Waals surface area contributed by atoms with Gasteiger partial charge in [0.1, 0.15) is 0 Å². The molecule has 0 radical (unpaired) electrons. The Morgan fingerprint density at radius 1 is 1.19 bits per heavy atom. The molecule has 7 nitrogen and oxygen atoms in total. The number of fused-ring (bicyclic) bond motifs is 1. The fraction of sp³-hybridized carbons (Fsp3) is 0.158. The summed E-state index contributed by atoms with van der Waals surface area (Å²) in [5, 5.41) is 14.7. The van der Waals surface area contributed by atoms with E-state index in [0.29, 0.717) is 25.5 Å². The fourth-order valence-electron chi connectivity index (χ4n) is 2.47. The number of pyridine rings is 1. The number of amides is 1. The average molecular weight is 386 g/mol. The van der Waals surface area contributed by atoms with Crippen molar-refractivity contribution in [1.29, 1.82) is 0 Å². The predicted octanol–water partition coefficient (Wildman–Crippen LogP) is 4.00. The van der Waals surface area contributed by atoms with Gasteiger partial charge in [-0.3, -0.25) is 14.9 Å². The maximum atomic E-state index is 12.1. The second-order valence-electron chi connectivity index (χ2n) is 5.72. The number of nitro groups is 1. The van der Waals surface area contributed by atoms with E-state index in [1.54, 1.807) is 6.07 Å². The van der Waals surface area contributed by atoms with Crippen molar-refractivity contribution in [2.24, 2.45) is 0 Å². The first-order valence-corrected chi connectivity index (χ1v) is 8.63. The number of carbonyl (C=O) groups is 1. The lowest BCUT2D eigenvalue weighted by Gasteiger charge is -2.08. The van der Waals surface area contributed by atoms with Crippen LogP contribution in [0, 0.1) is 10.1 Å². The summed E-state index contributed by atoms with van der Waals surface area (Å²) in [6.45, 7) is 0.708. The van der Waals surface area contributed by atoms with Crippen LogP contribution >= 0.6 is 11.6 Å². The van der Waals surface area contributed by atoms with Gasteiger partial charge >= 0.3 is 0 Å². The molecule has 8 heteroatoms. The second kappa shape index (κ2) is 8.46. The van der Waals surface area contributed by atoms with Crippen LogP contribution in [0.2, 0.25) is 5.02 Å². The van der Waals surface area contributed by atoms with E-state index >= 15 is 0 Å². The molecule has 0 saturated heterocycles. The van der Waals surface area contributed by atoms with Crippen LogP contribution in [0.3, 0.4) is 0 Å². The van der Waals surface area contributed by atoms with Crippen LogP contribution in [-0.4, -0.2) is 29.0 Å². The summed E-state index contributed by atoms with van der Waals surface area (Å²) in [7, 11) is 0. The molecule has 0 fully saturated rings. The molecule has 0 aliphatic heterocycles. The smallest absolute Gasteiger partial charge is 0.270 e. The molecule has 0 bridgehead atoms. The Bertz CT molecular complexity index is 994. The fourth-order valence-corrected chi connectivity index (χ4v) is 2.68. The molecule has 1 N–H and O–H groups in total. The van der Waals surface area contributed by atoms with Gasteiger partial charge in [0.25, 0.3) is 11.6 Å². The molecule has 1 amide bonds. The molecule has 3 rings (SSSR count). The molecule has 0 spiro atoms. The number of nitro benzene ring substituents is 1. The minimum atomic E-state index is -0.572. The van der Waals surface area contributed by atoms with E-state index in [0.717, 1.165) is 17.0 Å². The van der Waals surface area contributed by atoms with Crippen molar-refractivity contribution in [2.45, 2.75) is 6.42 Å². The number of benzene rings is 2. The first-order chi connectivity index (χ1) is 13.0. The molecule has 0 saturated carbocycles. The van der Waals surface area contributed by atoms with Crippen molar-refractivity contribution in [3.63, 3.8) is 0 Å². The van der Waals surface area contributed by atoms with Crippen molar-refractivity contribution in [3.8, 4) is 5.88 Å². The predicted molar refractivity (Wildman–Crippen MR) is 102 cm³/mol. The van der Waals surface area contributed by atoms with E-state index in [-0.39, 0.29) is 16.3 Å². The van der Waals surface area contributed by atoms with Gasteiger partial charge < -0.3 is 10.1 Å². The summed E-state index contributed by atoms with van der Waals surface area (Å²) in [6, 6.07) is 15.2. The maximum absolute atomic E-state index is 12.1. The van der Waals surface area contributed by atoms with Crippen LogP contribution in [0.4, 0.5) is 5.69 Å². The lowest BCUT2D eigenvalue weighted by atomic mass is 10.2. The number of hydrogen-bond donors (Lipinski definition) is 1. The zero-order valence-electron chi connectivity index (χ0n) is 14.2. The number of nitrogens with zero attached hydrogens (tertiary/aromatic N) is 2. The SMILES string of the molecule is O=C(NCCCOc1ccc2ccccc2n1)c1cc([N+](=O)[O-])ccc1Cl. The standard InChI is InChI=1S/C19H16ClN3O4/c20-16-8-7-14(23(25)26)12-15(16)19(24)21-10-3-11-27-18-9-6-13-4-1-2-5-17(13)22-18/h1-2,4-9,12H,3,10-11H2,(H,21,24). The molecule has 27 heavy (non-hydrogen) atoms. The summed E-state index contributed by atoms with van der Waals surface area (Å²) in [5.41, 5.74) is 0.738. The molecular weight excluding hydrogens is 370 g/mol. The van der Waals surface area contributed by atoms with E-state index in [2.05, 4.69) is 10.3 Å². The van der Waals surface area contributed by atoms with Gasteiger partial charge in [0.15, 0.2) is 0 Å². The summed E-state index contributed by atoms with van der Waals surface area (Å²) in [6.07, 6.45) is 0.548. The third-order valence-electron chi connectivity index (χ3n) is 3.83. The van der Waals surface area contributed by atoms with E-state index in [9.17, 15) is 14.9 Å². The number of aromatic nitrogens is 1. The molecule has 3 aromatic rings. The highest BCUT2D eigenvalue weighted by molar-refractivity contribution is 6.33. The number of halogens is 1. The summed E-state index contributed by atoms with van der Waals surface area (Å²) in [5.74, 6) is 0.0503. The molecule has 1 aromatic heterocycles. The molecule has 1 heterocycles. The van der Waals surface area contributed by atoms with Gasteiger partial charge in [0, 0.05) is 30.1 Å². The van der Waals surface area contributed by atoms with Gasteiger partial charge in [-0.25, -0.2) is 4.98 Å². The number of rotatable bonds is 7. The largest absolute Gasteiger partial charge is 0.478 e. The van der Waals surface area contributed by atoms with E-state index in [4.69, 9.17) is 16.3 Å². The van der Waals surface area contributed by atoms with Gasteiger partial charge in [0.05, 0.1) is 27.6 Å². The maximum Gasteiger partial charge on any atom is 0.270 e. The Balaban J connectivity index is 1.49. The minimum absolute atomic E-state index is 0.0722. The molecule has 0 aliphatic rings. The monoisotopic (exact) mass is 385 g/mol. The second-order valence-corrected chi connectivity index (χ2v) is 6.13. The van der Waals surface area contributed by atoms with Gasteiger partial charge in [-0.1, -0.05) is 29.8 Å². The minimum Gasteiger partial charge on any atom is -0.478 e. The van der Waals surface area contributed by atoms with Crippen LogP contribution in [0.25, 0.3) is 10.9 Å². The van der Waals surface area contributed by atoms with Crippen molar-refractivity contribution in [2.75, 3.05) is 13.2 Å². The Labute approximate surface area is 160 Å². The Hall–Kier alpha value is -3.19. The van der Waals surface area contributed by atoms with E-state index in [1.807, 2.05) is 30.3 Å². The normalized spacial score (nSPS) is 10.6. The molecule has 2 aromatic carbocycles. The number of ether oxygens (including phenoxy) is 1. The summed E-state index contributed by atoms with van der Waals surface area (Å²) < 4.78 is 5.60. The van der Waals surface area contributed by atoms with Crippen molar-refractivity contribution in [1.82, 2.24) is 10.3 Å². The molecule has 138 valence electrons. The number of hydrogen-bond acceptors (Lipinski definition) is 5. The molecule has 0 unspecified atom stereocenters. The highest BCUT2D eigenvalue weighted by Crippen LogP contribution is 2.22. The van der Waals surface area contributed by atoms with Crippen molar-refractivity contribution in [3.05, 3.63) is 75.3 Å². The topological polar surface area (TPSA) is 94.4 Å². The lowest BCUT2D eigenvalue weighted by Crippen LogP contribution is -2.26. The van der Waals surface area contributed by atoms with Crippen LogP contribution < -0.4 is 10.1 Å². The highest BCUT2D eigenvalue weighted by Gasteiger charge is 2.15. The van der Waals surface area contributed by atoms with Crippen LogP contribution in [0.15, 0.2) is 54.6 Å². The van der Waals surface area contributed by atoms with Crippen LogP contribution in [0.5, 0.6) is 5.88 Å². The van der Waals surface area contributed by atoms with Crippen molar-refractivity contribution >= 4 is 34.1 Å².